The lowest BCUT2D eigenvalue weighted by Crippen LogP contribution is -2.15. The Bertz CT molecular complexity index is 476. The molecule has 2 rings (SSSR count). The molecule has 90 valence electrons. The average Bonchev–Trinajstić information content (AvgIpc) is 2.76. The van der Waals surface area contributed by atoms with Gasteiger partial charge in [-0.05, 0) is 25.5 Å². The monoisotopic (exact) mass is 266 g/mol. The average molecular weight is 267 g/mol. The van der Waals surface area contributed by atoms with E-state index < -0.39 is 0 Å². The zero-order chi connectivity index (χ0) is 12.3. The van der Waals surface area contributed by atoms with E-state index in [1.807, 2.05) is 31.2 Å². The molecule has 1 aromatic heterocycles. The Balaban J connectivity index is 2.10. The third-order valence-electron chi connectivity index (χ3n) is 2.51. The van der Waals surface area contributed by atoms with Crippen LogP contribution in [0.2, 0.25) is 5.02 Å². The summed E-state index contributed by atoms with van der Waals surface area (Å²) in [6.07, 6.45) is 1.93. The van der Waals surface area contributed by atoms with Gasteiger partial charge in [-0.2, -0.15) is 0 Å². The Morgan fingerprint density at radius 1 is 1.35 bits per heavy atom. The molecule has 2 aromatic rings. The number of halogens is 1. The molecule has 1 heterocycles. The van der Waals surface area contributed by atoms with E-state index in [1.165, 1.54) is 0 Å². The summed E-state index contributed by atoms with van der Waals surface area (Å²) in [5, 5.41) is 3.98. The van der Waals surface area contributed by atoms with E-state index in [1.54, 1.807) is 11.3 Å². The molecule has 0 aliphatic rings. The van der Waals surface area contributed by atoms with Gasteiger partial charge in [-0.3, -0.25) is 0 Å². The van der Waals surface area contributed by atoms with E-state index in [0.717, 1.165) is 34.1 Å². The highest BCUT2D eigenvalue weighted by Gasteiger charge is 2.05. The van der Waals surface area contributed by atoms with Crippen molar-refractivity contribution in [2.45, 2.75) is 25.8 Å². The van der Waals surface area contributed by atoms with Crippen LogP contribution in [0.4, 0.5) is 0 Å². The van der Waals surface area contributed by atoms with Crippen molar-refractivity contribution in [2.75, 3.05) is 0 Å². The van der Waals surface area contributed by atoms with E-state index in [0.29, 0.717) is 0 Å². The van der Waals surface area contributed by atoms with Crippen molar-refractivity contribution in [1.29, 1.82) is 0 Å². The Morgan fingerprint density at radius 3 is 2.71 bits per heavy atom. The summed E-state index contributed by atoms with van der Waals surface area (Å²) in [6, 6.07) is 7.99. The highest BCUT2D eigenvalue weighted by atomic mass is 35.5. The fourth-order valence-electron chi connectivity index (χ4n) is 1.53. The highest BCUT2D eigenvalue weighted by molar-refractivity contribution is 7.09. The minimum absolute atomic E-state index is 0.234. The van der Waals surface area contributed by atoms with E-state index in [-0.39, 0.29) is 6.04 Å². The van der Waals surface area contributed by atoms with Crippen molar-refractivity contribution >= 4 is 22.9 Å². The Labute approximate surface area is 110 Å². The molecule has 0 radical (unpaired) electrons. The fraction of sp³-hybridized carbons (Fsp3) is 0.308. The van der Waals surface area contributed by atoms with Crippen LogP contribution in [0.1, 0.15) is 18.4 Å². The van der Waals surface area contributed by atoms with Gasteiger partial charge in [0.05, 0.1) is 10.7 Å². The molecule has 0 saturated heterocycles. The second-order valence-electron chi connectivity index (χ2n) is 4.15. The standard InChI is InChI=1S/C13H15ClN2S/c1-9(15)2-7-13-16-12(8-17-13)10-3-5-11(14)6-4-10/h3-6,8-9H,2,7,15H2,1H3. The van der Waals surface area contributed by atoms with Crippen LogP contribution in [0.25, 0.3) is 11.3 Å². The van der Waals surface area contributed by atoms with Gasteiger partial charge in [0.25, 0.3) is 0 Å². The summed E-state index contributed by atoms with van der Waals surface area (Å²) in [5.74, 6) is 0. The summed E-state index contributed by atoms with van der Waals surface area (Å²) in [6.45, 7) is 2.02. The number of aromatic nitrogens is 1. The normalized spacial score (nSPS) is 12.6. The number of nitrogens with two attached hydrogens (primary N) is 1. The third-order valence-corrected chi connectivity index (χ3v) is 3.67. The van der Waals surface area contributed by atoms with E-state index in [4.69, 9.17) is 17.3 Å². The van der Waals surface area contributed by atoms with Gasteiger partial charge in [0, 0.05) is 28.4 Å². The number of hydrogen-bond donors (Lipinski definition) is 1. The fourth-order valence-corrected chi connectivity index (χ4v) is 2.48. The summed E-state index contributed by atoms with van der Waals surface area (Å²) in [7, 11) is 0. The van der Waals surface area contributed by atoms with Crippen LogP contribution in [0.15, 0.2) is 29.6 Å². The van der Waals surface area contributed by atoms with Crippen molar-refractivity contribution in [3.05, 3.63) is 39.7 Å². The van der Waals surface area contributed by atoms with Crippen molar-refractivity contribution < 1.29 is 0 Å². The highest BCUT2D eigenvalue weighted by Crippen LogP contribution is 2.24. The molecular formula is C13H15ClN2S. The number of thiazole rings is 1. The Hall–Kier alpha value is -0.900. The second kappa shape index (κ2) is 5.63. The molecule has 17 heavy (non-hydrogen) atoms. The number of nitrogens with zero attached hydrogens (tertiary/aromatic N) is 1. The third kappa shape index (κ3) is 3.53. The van der Waals surface area contributed by atoms with Crippen molar-refractivity contribution in [3.8, 4) is 11.3 Å². The topological polar surface area (TPSA) is 38.9 Å². The first-order valence-electron chi connectivity index (χ1n) is 5.61. The molecule has 1 aromatic carbocycles. The predicted molar refractivity (Wildman–Crippen MR) is 74.5 cm³/mol. The lowest BCUT2D eigenvalue weighted by atomic mass is 10.2. The minimum Gasteiger partial charge on any atom is -0.328 e. The molecule has 2 nitrogen and oxygen atoms in total. The van der Waals surface area contributed by atoms with E-state index in [9.17, 15) is 0 Å². The first kappa shape index (κ1) is 12.6. The van der Waals surface area contributed by atoms with Gasteiger partial charge in [0.2, 0.25) is 0 Å². The van der Waals surface area contributed by atoms with Gasteiger partial charge in [0.15, 0.2) is 0 Å². The maximum atomic E-state index is 5.86. The largest absolute Gasteiger partial charge is 0.328 e. The van der Waals surface area contributed by atoms with Crippen LogP contribution in [-0.4, -0.2) is 11.0 Å². The van der Waals surface area contributed by atoms with Gasteiger partial charge < -0.3 is 5.73 Å². The summed E-state index contributed by atoms with van der Waals surface area (Å²) < 4.78 is 0. The molecule has 0 aliphatic heterocycles. The lowest BCUT2D eigenvalue weighted by Gasteiger charge is -2.01. The van der Waals surface area contributed by atoms with Gasteiger partial charge in [-0.1, -0.05) is 23.7 Å². The summed E-state index contributed by atoms with van der Waals surface area (Å²) in [5.41, 5.74) is 7.87. The van der Waals surface area contributed by atoms with Crippen molar-refractivity contribution in [2.24, 2.45) is 5.73 Å². The number of benzene rings is 1. The molecule has 4 heteroatoms. The molecule has 0 saturated carbocycles. The van der Waals surface area contributed by atoms with E-state index >= 15 is 0 Å². The van der Waals surface area contributed by atoms with E-state index in [2.05, 4.69) is 10.4 Å². The molecule has 0 fully saturated rings. The van der Waals surface area contributed by atoms with Crippen molar-refractivity contribution in [1.82, 2.24) is 4.98 Å². The van der Waals surface area contributed by atoms with Gasteiger partial charge in [-0.15, -0.1) is 11.3 Å². The smallest absolute Gasteiger partial charge is 0.0933 e. The van der Waals surface area contributed by atoms with Crippen LogP contribution in [-0.2, 0) is 6.42 Å². The molecule has 1 unspecified atom stereocenters. The zero-order valence-corrected chi connectivity index (χ0v) is 11.3. The molecule has 0 amide bonds. The predicted octanol–water partition coefficient (Wildman–Crippen LogP) is 3.74. The number of rotatable bonds is 4. The molecule has 0 spiro atoms. The van der Waals surface area contributed by atoms with Crippen LogP contribution in [0.5, 0.6) is 0 Å². The van der Waals surface area contributed by atoms with Crippen LogP contribution < -0.4 is 5.73 Å². The van der Waals surface area contributed by atoms with Crippen LogP contribution in [0, 0.1) is 0 Å². The first-order valence-corrected chi connectivity index (χ1v) is 6.87. The van der Waals surface area contributed by atoms with Gasteiger partial charge in [0.1, 0.15) is 0 Å². The van der Waals surface area contributed by atoms with Crippen LogP contribution >= 0.6 is 22.9 Å². The van der Waals surface area contributed by atoms with Crippen molar-refractivity contribution in [3.63, 3.8) is 0 Å². The zero-order valence-electron chi connectivity index (χ0n) is 9.69. The summed E-state index contributed by atoms with van der Waals surface area (Å²) in [4.78, 5) is 4.60. The molecule has 0 aliphatic carbocycles. The quantitative estimate of drug-likeness (QED) is 0.916. The molecule has 0 bridgehead atoms. The lowest BCUT2D eigenvalue weighted by molar-refractivity contribution is 0.664. The Kier molecular flexibility index (Phi) is 4.15. The minimum atomic E-state index is 0.234. The second-order valence-corrected chi connectivity index (χ2v) is 5.53. The maximum Gasteiger partial charge on any atom is 0.0933 e. The molecular weight excluding hydrogens is 252 g/mol. The van der Waals surface area contributed by atoms with Gasteiger partial charge in [-0.25, -0.2) is 4.98 Å². The molecule has 2 N–H and O–H groups in total. The van der Waals surface area contributed by atoms with Crippen LogP contribution in [0.3, 0.4) is 0 Å². The Morgan fingerprint density at radius 2 is 2.06 bits per heavy atom. The SMILES string of the molecule is CC(N)CCc1nc(-c2ccc(Cl)cc2)cs1. The molecule has 1 atom stereocenters. The van der Waals surface area contributed by atoms with Gasteiger partial charge >= 0.3 is 0 Å². The first-order chi connectivity index (χ1) is 8.15. The number of aryl methyl sites for hydroxylation is 1. The maximum absolute atomic E-state index is 5.86. The number of hydrogen-bond acceptors (Lipinski definition) is 3. The summed E-state index contributed by atoms with van der Waals surface area (Å²) >= 11 is 7.55.